The lowest BCUT2D eigenvalue weighted by atomic mass is 10.1. The van der Waals surface area contributed by atoms with E-state index in [1.165, 1.54) is 0 Å². The molecule has 0 atom stereocenters. The highest BCUT2D eigenvalue weighted by atomic mass is 16.2. The lowest BCUT2D eigenvalue weighted by molar-refractivity contribution is 0.0979. The Morgan fingerprint density at radius 2 is 1.71 bits per heavy atom. The van der Waals surface area contributed by atoms with Crippen LogP contribution in [0.1, 0.15) is 40.6 Å². The van der Waals surface area contributed by atoms with Crippen LogP contribution < -0.4 is 10.2 Å². The molecular weight excluding hydrogens is 350 g/mol. The van der Waals surface area contributed by atoms with Gasteiger partial charge in [-0.15, -0.1) is 5.10 Å². The van der Waals surface area contributed by atoms with E-state index in [-0.39, 0.29) is 5.91 Å². The van der Waals surface area contributed by atoms with Gasteiger partial charge in [0.2, 0.25) is 0 Å². The first-order chi connectivity index (χ1) is 13.7. The second kappa shape index (κ2) is 8.35. The average Bonchev–Trinajstić information content (AvgIpc) is 3.15. The Labute approximate surface area is 165 Å². The molecule has 0 spiro atoms. The van der Waals surface area contributed by atoms with Gasteiger partial charge < -0.3 is 10.2 Å². The van der Waals surface area contributed by atoms with Crippen molar-refractivity contribution in [2.24, 2.45) is 0 Å². The predicted octanol–water partition coefficient (Wildman–Crippen LogP) is 3.36. The molecule has 6 heteroatoms. The Bertz CT molecular complexity index is 917. The molecule has 1 saturated heterocycles. The van der Waals surface area contributed by atoms with Crippen molar-refractivity contribution in [1.82, 2.24) is 20.3 Å². The predicted molar refractivity (Wildman–Crippen MR) is 109 cm³/mol. The lowest BCUT2D eigenvalue weighted by Crippen LogP contribution is -2.32. The largest absolute Gasteiger partial charge is 0.317 e. The zero-order valence-electron chi connectivity index (χ0n) is 16.1. The summed E-state index contributed by atoms with van der Waals surface area (Å²) in [6.07, 6.45) is 2.01. The van der Waals surface area contributed by atoms with Gasteiger partial charge in [0.15, 0.2) is 5.69 Å². The SMILES string of the molecule is Cc1c(C(=O)N(Cc2ccccc2)c2ccccc2)nnn1C1CCNCC1. The van der Waals surface area contributed by atoms with Gasteiger partial charge in [-0.25, -0.2) is 4.68 Å². The van der Waals surface area contributed by atoms with Crippen LogP contribution >= 0.6 is 0 Å². The molecule has 144 valence electrons. The summed E-state index contributed by atoms with van der Waals surface area (Å²) in [5.41, 5.74) is 3.19. The van der Waals surface area contributed by atoms with Crippen LogP contribution in [0.25, 0.3) is 0 Å². The summed E-state index contributed by atoms with van der Waals surface area (Å²) in [4.78, 5) is 15.2. The number of aromatic nitrogens is 3. The number of benzene rings is 2. The summed E-state index contributed by atoms with van der Waals surface area (Å²) < 4.78 is 1.93. The molecule has 2 heterocycles. The number of carbonyl (C=O) groups is 1. The minimum atomic E-state index is -0.118. The van der Waals surface area contributed by atoms with Crippen molar-refractivity contribution in [2.45, 2.75) is 32.4 Å². The van der Waals surface area contributed by atoms with Crippen molar-refractivity contribution in [2.75, 3.05) is 18.0 Å². The first kappa shape index (κ1) is 18.4. The molecule has 1 aromatic heterocycles. The number of hydrogen-bond donors (Lipinski definition) is 1. The fourth-order valence-corrected chi connectivity index (χ4v) is 3.72. The van der Waals surface area contributed by atoms with Gasteiger partial charge >= 0.3 is 0 Å². The van der Waals surface area contributed by atoms with Crippen molar-refractivity contribution >= 4 is 11.6 Å². The van der Waals surface area contributed by atoms with E-state index in [1.54, 1.807) is 4.90 Å². The molecular formula is C22H25N5O. The van der Waals surface area contributed by atoms with Crippen molar-refractivity contribution < 1.29 is 4.79 Å². The van der Waals surface area contributed by atoms with Crippen molar-refractivity contribution in [3.05, 3.63) is 77.6 Å². The summed E-state index contributed by atoms with van der Waals surface area (Å²) in [6, 6.07) is 20.1. The molecule has 28 heavy (non-hydrogen) atoms. The first-order valence-corrected chi connectivity index (χ1v) is 9.77. The molecule has 0 bridgehead atoms. The van der Waals surface area contributed by atoms with Crippen LogP contribution in [0, 0.1) is 6.92 Å². The molecule has 1 fully saturated rings. The monoisotopic (exact) mass is 375 g/mol. The van der Waals surface area contributed by atoms with Gasteiger partial charge in [-0.05, 0) is 50.6 Å². The number of carbonyl (C=O) groups excluding carboxylic acids is 1. The molecule has 1 amide bonds. The number of nitrogens with one attached hydrogen (secondary N) is 1. The summed E-state index contributed by atoms with van der Waals surface area (Å²) in [6.45, 7) is 4.37. The molecule has 4 rings (SSSR count). The Morgan fingerprint density at radius 1 is 1.07 bits per heavy atom. The number of anilines is 1. The fourth-order valence-electron chi connectivity index (χ4n) is 3.72. The van der Waals surface area contributed by atoms with Gasteiger partial charge in [-0.1, -0.05) is 53.7 Å². The van der Waals surface area contributed by atoms with Crippen LogP contribution in [-0.2, 0) is 6.54 Å². The van der Waals surface area contributed by atoms with E-state index in [1.807, 2.05) is 72.3 Å². The van der Waals surface area contributed by atoms with Gasteiger partial charge in [0.1, 0.15) is 0 Å². The van der Waals surface area contributed by atoms with E-state index in [0.29, 0.717) is 18.3 Å². The van der Waals surface area contributed by atoms with E-state index in [9.17, 15) is 4.79 Å². The standard InChI is InChI=1S/C22H25N5O/c1-17-21(24-25-27(17)20-12-14-23-15-13-20)22(28)26(19-10-6-3-7-11-19)16-18-8-4-2-5-9-18/h2-11,20,23H,12-16H2,1H3. The number of hydrogen-bond acceptors (Lipinski definition) is 4. The third-order valence-electron chi connectivity index (χ3n) is 5.28. The number of nitrogens with zero attached hydrogens (tertiary/aromatic N) is 4. The molecule has 0 aliphatic carbocycles. The molecule has 3 aromatic rings. The minimum absolute atomic E-state index is 0.118. The van der Waals surface area contributed by atoms with Crippen molar-refractivity contribution in [3.8, 4) is 0 Å². The van der Waals surface area contributed by atoms with Crippen LogP contribution in [0.3, 0.4) is 0 Å². The molecule has 1 N–H and O–H groups in total. The van der Waals surface area contributed by atoms with Crippen LogP contribution in [0.15, 0.2) is 60.7 Å². The normalized spacial score (nSPS) is 14.8. The smallest absolute Gasteiger partial charge is 0.281 e. The second-order valence-corrected chi connectivity index (χ2v) is 7.16. The van der Waals surface area contributed by atoms with Crippen LogP contribution in [0.4, 0.5) is 5.69 Å². The number of amides is 1. The van der Waals surface area contributed by atoms with E-state index < -0.39 is 0 Å². The molecule has 1 aliphatic heterocycles. The van der Waals surface area contributed by atoms with E-state index >= 15 is 0 Å². The third-order valence-corrected chi connectivity index (χ3v) is 5.28. The van der Waals surface area contributed by atoms with Crippen molar-refractivity contribution in [3.63, 3.8) is 0 Å². The van der Waals surface area contributed by atoms with Gasteiger partial charge in [-0.2, -0.15) is 0 Å². The molecule has 1 aliphatic rings. The van der Waals surface area contributed by atoms with E-state index in [4.69, 9.17) is 0 Å². The molecule has 0 saturated carbocycles. The summed E-state index contributed by atoms with van der Waals surface area (Å²) in [7, 11) is 0. The zero-order valence-corrected chi connectivity index (χ0v) is 16.1. The van der Waals surface area contributed by atoms with Crippen LogP contribution in [0.2, 0.25) is 0 Å². The Morgan fingerprint density at radius 3 is 2.39 bits per heavy atom. The highest BCUT2D eigenvalue weighted by Gasteiger charge is 2.27. The number of piperidine rings is 1. The highest BCUT2D eigenvalue weighted by Crippen LogP contribution is 2.24. The maximum absolute atomic E-state index is 13.5. The first-order valence-electron chi connectivity index (χ1n) is 9.77. The molecule has 0 radical (unpaired) electrons. The summed E-state index contributed by atoms with van der Waals surface area (Å²) in [5.74, 6) is -0.118. The Hall–Kier alpha value is -2.99. The Kier molecular flexibility index (Phi) is 5.48. The quantitative estimate of drug-likeness (QED) is 0.743. The fraction of sp³-hybridized carbons (Fsp3) is 0.318. The summed E-state index contributed by atoms with van der Waals surface area (Å²) in [5, 5.41) is 12.0. The van der Waals surface area contributed by atoms with Gasteiger partial charge in [0.05, 0.1) is 18.3 Å². The Balaban J connectivity index is 1.65. The maximum Gasteiger partial charge on any atom is 0.281 e. The van der Waals surface area contributed by atoms with Crippen molar-refractivity contribution in [1.29, 1.82) is 0 Å². The molecule has 6 nitrogen and oxygen atoms in total. The highest BCUT2D eigenvalue weighted by molar-refractivity contribution is 6.05. The number of rotatable bonds is 5. The maximum atomic E-state index is 13.5. The minimum Gasteiger partial charge on any atom is -0.317 e. The van der Waals surface area contributed by atoms with Crippen LogP contribution in [-0.4, -0.2) is 34.0 Å². The second-order valence-electron chi connectivity index (χ2n) is 7.16. The van der Waals surface area contributed by atoms with E-state index in [0.717, 1.165) is 42.9 Å². The molecule has 0 unspecified atom stereocenters. The third kappa shape index (κ3) is 3.82. The van der Waals surface area contributed by atoms with Gasteiger partial charge in [0, 0.05) is 5.69 Å². The molecule has 2 aromatic carbocycles. The summed E-state index contributed by atoms with van der Waals surface area (Å²) >= 11 is 0. The average molecular weight is 375 g/mol. The zero-order chi connectivity index (χ0) is 19.3. The van der Waals surface area contributed by atoms with Gasteiger partial charge in [-0.3, -0.25) is 4.79 Å². The lowest BCUT2D eigenvalue weighted by Gasteiger charge is -2.24. The number of para-hydroxylation sites is 1. The van der Waals surface area contributed by atoms with Gasteiger partial charge in [0.25, 0.3) is 5.91 Å². The topological polar surface area (TPSA) is 63.1 Å². The van der Waals surface area contributed by atoms with Crippen LogP contribution in [0.5, 0.6) is 0 Å². The van der Waals surface area contributed by atoms with E-state index in [2.05, 4.69) is 15.6 Å².